The third kappa shape index (κ3) is 3.80. The second-order valence-electron chi connectivity index (χ2n) is 4.24. The van der Waals surface area contributed by atoms with Crippen LogP contribution in [0.4, 0.5) is 0 Å². The summed E-state index contributed by atoms with van der Waals surface area (Å²) in [6.45, 7) is 3.73. The molecule has 1 rings (SSSR count). The largest absolute Gasteiger partial charge is 0.481 e. The van der Waals surface area contributed by atoms with Gasteiger partial charge in [0, 0.05) is 12.7 Å². The number of hydrogen-bond donors (Lipinski definition) is 2. The van der Waals surface area contributed by atoms with E-state index < -0.39 is 11.9 Å². The Hall–Kier alpha value is -1.43. The third-order valence-corrected chi connectivity index (χ3v) is 3.24. The Morgan fingerprint density at radius 1 is 1.50 bits per heavy atom. The maximum absolute atomic E-state index is 11.8. The Bertz CT molecular complexity index is 449. The van der Waals surface area contributed by atoms with Crippen molar-refractivity contribution < 1.29 is 14.7 Å². The van der Waals surface area contributed by atoms with Crippen molar-refractivity contribution in [2.45, 2.75) is 13.8 Å². The van der Waals surface area contributed by atoms with E-state index in [0.717, 1.165) is 0 Å². The maximum atomic E-state index is 11.8. The van der Waals surface area contributed by atoms with E-state index in [9.17, 15) is 9.59 Å². The van der Waals surface area contributed by atoms with Crippen molar-refractivity contribution in [3.05, 3.63) is 28.5 Å². The molecule has 0 aliphatic carbocycles. The Labute approximate surface area is 114 Å². The smallest absolute Gasteiger partial charge is 0.308 e. The lowest BCUT2D eigenvalue weighted by molar-refractivity contribution is -0.142. The van der Waals surface area contributed by atoms with E-state index in [1.54, 1.807) is 18.3 Å². The topological polar surface area (TPSA) is 79.3 Å². The van der Waals surface area contributed by atoms with Gasteiger partial charge in [0.15, 0.2) is 0 Å². The normalized spacial score (nSPS) is 12.2. The molecule has 2 N–H and O–H groups in total. The highest BCUT2D eigenvalue weighted by molar-refractivity contribution is 9.10. The van der Waals surface area contributed by atoms with Crippen molar-refractivity contribution in [2.24, 2.45) is 11.8 Å². The number of carboxylic acid groups (broad SMARTS) is 1. The summed E-state index contributed by atoms with van der Waals surface area (Å²) >= 11 is 3.17. The first-order valence-corrected chi connectivity index (χ1v) is 6.34. The number of aromatic nitrogens is 1. The molecule has 5 nitrogen and oxygen atoms in total. The Morgan fingerprint density at radius 3 is 2.67 bits per heavy atom. The summed E-state index contributed by atoms with van der Waals surface area (Å²) in [7, 11) is 0. The summed E-state index contributed by atoms with van der Waals surface area (Å²) in [6.07, 6.45) is 1.56. The molecule has 0 fully saturated rings. The van der Waals surface area contributed by atoms with Gasteiger partial charge in [0.1, 0.15) is 4.60 Å². The first kappa shape index (κ1) is 14.6. The second kappa shape index (κ2) is 6.49. The number of amides is 1. The average Bonchev–Trinajstić information content (AvgIpc) is 2.28. The molecule has 6 heteroatoms. The fourth-order valence-corrected chi connectivity index (χ4v) is 1.89. The van der Waals surface area contributed by atoms with Gasteiger partial charge < -0.3 is 10.4 Å². The Morgan fingerprint density at radius 2 is 2.17 bits per heavy atom. The molecule has 0 bridgehead atoms. The average molecular weight is 315 g/mol. The van der Waals surface area contributed by atoms with Crippen molar-refractivity contribution >= 4 is 27.8 Å². The van der Waals surface area contributed by atoms with Gasteiger partial charge in [-0.1, -0.05) is 13.8 Å². The van der Waals surface area contributed by atoms with Crippen molar-refractivity contribution in [2.75, 3.05) is 6.54 Å². The lowest BCUT2D eigenvalue weighted by Gasteiger charge is -2.16. The van der Waals surface area contributed by atoms with E-state index >= 15 is 0 Å². The molecule has 1 amide bonds. The molecule has 18 heavy (non-hydrogen) atoms. The number of pyridine rings is 1. The fourth-order valence-electron chi connectivity index (χ4n) is 1.46. The summed E-state index contributed by atoms with van der Waals surface area (Å²) in [5.74, 6) is -1.87. The zero-order chi connectivity index (χ0) is 13.7. The lowest BCUT2D eigenvalue weighted by Crippen LogP contribution is -2.35. The number of nitrogens with zero attached hydrogens (tertiary/aromatic N) is 1. The van der Waals surface area contributed by atoms with Crippen LogP contribution in [-0.2, 0) is 4.79 Å². The summed E-state index contributed by atoms with van der Waals surface area (Å²) in [6, 6.07) is 3.27. The molecule has 0 saturated heterocycles. The highest BCUT2D eigenvalue weighted by atomic mass is 79.9. The van der Waals surface area contributed by atoms with Crippen LogP contribution in [0, 0.1) is 11.8 Å². The molecule has 0 radical (unpaired) electrons. The van der Waals surface area contributed by atoms with Crippen LogP contribution in [0.3, 0.4) is 0 Å². The van der Waals surface area contributed by atoms with Crippen molar-refractivity contribution in [3.63, 3.8) is 0 Å². The van der Waals surface area contributed by atoms with Gasteiger partial charge in [-0.15, -0.1) is 0 Å². The van der Waals surface area contributed by atoms with E-state index in [-0.39, 0.29) is 18.4 Å². The van der Waals surface area contributed by atoms with Crippen molar-refractivity contribution in [1.29, 1.82) is 0 Å². The predicted octanol–water partition coefficient (Wildman–Crippen LogP) is 1.93. The summed E-state index contributed by atoms with van der Waals surface area (Å²) < 4.78 is 0.443. The number of carbonyl (C=O) groups is 2. The van der Waals surface area contributed by atoms with E-state index in [1.807, 2.05) is 13.8 Å². The van der Waals surface area contributed by atoms with Crippen LogP contribution in [0.25, 0.3) is 0 Å². The summed E-state index contributed by atoms with van der Waals surface area (Å²) in [4.78, 5) is 26.8. The highest BCUT2D eigenvalue weighted by Gasteiger charge is 2.22. The molecule has 1 aromatic heterocycles. The number of carboxylic acids is 1. The molecule has 1 unspecified atom stereocenters. The van der Waals surface area contributed by atoms with Gasteiger partial charge in [0.05, 0.1) is 11.5 Å². The minimum Gasteiger partial charge on any atom is -0.481 e. The van der Waals surface area contributed by atoms with E-state index in [4.69, 9.17) is 5.11 Å². The molecule has 0 aliphatic heterocycles. The predicted molar refractivity (Wildman–Crippen MR) is 70.2 cm³/mol. The molecular weight excluding hydrogens is 300 g/mol. The Balaban J connectivity index is 2.66. The zero-order valence-corrected chi connectivity index (χ0v) is 11.8. The molecular formula is C12H15BrN2O3. The van der Waals surface area contributed by atoms with E-state index in [1.165, 1.54) is 0 Å². The van der Waals surface area contributed by atoms with Crippen LogP contribution in [-0.4, -0.2) is 28.5 Å². The first-order chi connectivity index (χ1) is 8.43. The zero-order valence-electron chi connectivity index (χ0n) is 10.2. The number of rotatable bonds is 5. The molecule has 1 heterocycles. The monoisotopic (exact) mass is 314 g/mol. The molecule has 0 aromatic carbocycles. The minimum absolute atomic E-state index is 0.0415. The number of carbonyl (C=O) groups excluding carboxylic acids is 1. The number of halogens is 1. The summed E-state index contributed by atoms with van der Waals surface area (Å²) in [5.41, 5.74) is 0.394. The maximum Gasteiger partial charge on any atom is 0.308 e. The molecule has 1 aromatic rings. The fraction of sp³-hybridized carbons (Fsp3) is 0.417. The number of aliphatic carboxylic acids is 1. The van der Waals surface area contributed by atoms with Crippen LogP contribution in [0.5, 0.6) is 0 Å². The Kier molecular flexibility index (Phi) is 5.27. The standard InChI is InChI=1S/C12H15BrN2O3/c1-7(2)9(12(17)18)6-15-11(16)8-4-3-5-14-10(8)13/h3-5,7,9H,6H2,1-2H3,(H,15,16)(H,17,18). The quantitative estimate of drug-likeness (QED) is 0.814. The number of nitrogens with one attached hydrogen (secondary N) is 1. The van der Waals surface area contributed by atoms with Gasteiger partial charge in [-0.05, 0) is 34.0 Å². The van der Waals surface area contributed by atoms with Gasteiger partial charge in [0.2, 0.25) is 0 Å². The van der Waals surface area contributed by atoms with Crippen LogP contribution < -0.4 is 5.32 Å². The van der Waals surface area contributed by atoms with Crippen LogP contribution in [0.15, 0.2) is 22.9 Å². The molecule has 0 aliphatic rings. The van der Waals surface area contributed by atoms with Crippen LogP contribution in [0.1, 0.15) is 24.2 Å². The van der Waals surface area contributed by atoms with E-state index in [2.05, 4.69) is 26.2 Å². The highest BCUT2D eigenvalue weighted by Crippen LogP contribution is 2.13. The van der Waals surface area contributed by atoms with Crippen molar-refractivity contribution in [1.82, 2.24) is 10.3 Å². The summed E-state index contributed by atoms with van der Waals surface area (Å²) in [5, 5.41) is 11.6. The van der Waals surface area contributed by atoms with Gasteiger partial charge in [-0.25, -0.2) is 4.98 Å². The SMILES string of the molecule is CC(C)C(CNC(=O)c1cccnc1Br)C(=O)O. The van der Waals surface area contributed by atoms with Crippen LogP contribution >= 0.6 is 15.9 Å². The number of hydrogen-bond acceptors (Lipinski definition) is 3. The van der Waals surface area contributed by atoms with Gasteiger partial charge in [0.25, 0.3) is 5.91 Å². The second-order valence-corrected chi connectivity index (χ2v) is 4.99. The molecule has 0 spiro atoms. The van der Waals surface area contributed by atoms with Crippen molar-refractivity contribution in [3.8, 4) is 0 Å². The minimum atomic E-state index is -0.907. The first-order valence-electron chi connectivity index (χ1n) is 5.55. The van der Waals surface area contributed by atoms with Crippen LogP contribution in [0.2, 0.25) is 0 Å². The van der Waals surface area contributed by atoms with Gasteiger partial charge in [-0.3, -0.25) is 9.59 Å². The molecule has 0 saturated carbocycles. The molecule has 1 atom stereocenters. The molecule has 98 valence electrons. The van der Waals surface area contributed by atoms with Gasteiger partial charge >= 0.3 is 5.97 Å². The lowest BCUT2D eigenvalue weighted by atomic mass is 9.96. The van der Waals surface area contributed by atoms with Gasteiger partial charge in [-0.2, -0.15) is 0 Å². The third-order valence-electron chi connectivity index (χ3n) is 2.61. The van der Waals surface area contributed by atoms with E-state index in [0.29, 0.717) is 10.2 Å².